The van der Waals surface area contributed by atoms with Crippen LogP contribution in [-0.2, 0) is 9.47 Å². The molecule has 0 bridgehead atoms. The highest BCUT2D eigenvalue weighted by atomic mass is 16.5. The Bertz CT molecular complexity index is 1010. The molecule has 3 aromatic rings. The largest absolute Gasteiger partial charge is 0.473 e. The van der Waals surface area contributed by atoms with Crippen LogP contribution in [-0.4, -0.2) is 53.7 Å². The highest BCUT2D eigenvalue weighted by molar-refractivity contribution is 5.92. The molecule has 164 valence electrons. The van der Waals surface area contributed by atoms with Crippen molar-refractivity contribution in [3.63, 3.8) is 0 Å². The second-order valence-electron chi connectivity index (χ2n) is 7.61. The van der Waals surface area contributed by atoms with Crippen LogP contribution in [0.15, 0.2) is 42.6 Å². The summed E-state index contributed by atoms with van der Waals surface area (Å²) in [7, 11) is 1.60. The number of fused-ring (bicyclic) bond motifs is 1. The molecule has 0 saturated carbocycles. The zero-order valence-corrected chi connectivity index (χ0v) is 17.6. The molecule has 2 amide bonds. The Labute approximate surface area is 180 Å². The predicted octanol–water partition coefficient (Wildman–Crippen LogP) is 3.41. The van der Waals surface area contributed by atoms with Gasteiger partial charge in [0.15, 0.2) is 0 Å². The smallest absolute Gasteiger partial charge is 0.320 e. The van der Waals surface area contributed by atoms with Gasteiger partial charge in [-0.1, -0.05) is 30.3 Å². The van der Waals surface area contributed by atoms with Gasteiger partial charge in [0.25, 0.3) is 0 Å². The second-order valence-corrected chi connectivity index (χ2v) is 7.61. The van der Waals surface area contributed by atoms with E-state index in [0.29, 0.717) is 24.9 Å². The fourth-order valence-corrected chi connectivity index (χ4v) is 3.65. The summed E-state index contributed by atoms with van der Waals surface area (Å²) >= 11 is 0. The number of urea groups is 1. The van der Waals surface area contributed by atoms with Crippen LogP contribution < -0.4 is 15.4 Å². The summed E-state index contributed by atoms with van der Waals surface area (Å²) in [6.07, 6.45) is 3.54. The number of hydrogen-bond donors (Lipinski definition) is 3. The van der Waals surface area contributed by atoms with Gasteiger partial charge in [-0.25, -0.2) is 9.78 Å². The molecule has 0 aliphatic carbocycles. The number of pyridine rings is 1. The number of nitrogens with zero attached hydrogens (tertiary/aromatic N) is 2. The first-order valence-electron chi connectivity index (χ1n) is 10.4. The van der Waals surface area contributed by atoms with E-state index in [9.17, 15) is 4.79 Å². The topological polar surface area (TPSA) is 110 Å². The number of amides is 2. The van der Waals surface area contributed by atoms with E-state index in [1.54, 1.807) is 19.4 Å². The van der Waals surface area contributed by atoms with E-state index in [0.717, 1.165) is 29.3 Å². The molecule has 3 heterocycles. The molecule has 9 nitrogen and oxygen atoms in total. The van der Waals surface area contributed by atoms with Crippen LogP contribution in [0.2, 0.25) is 0 Å². The third-order valence-corrected chi connectivity index (χ3v) is 5.21. The quantitative estimate of drug-likeness (QED) is 0.535. The van der Waals surface area contributed by atoms with Crippen molar-refractivity contribution in [1.29, 1.82) is 0 Å². The van der Waals surface area contributed by atoms with Gasteiger partial charge in [-0.3, -0.25) is 10.4 Å². The normalized spacial score (nSPS) is 19.7. The number of aromatic nitrogens is 3. The van der Waals surface area contributed by atoms with E-state index < -0.39 is 0 Å². The SMILES string of the molecule is COC[C@@H](NC(=O)Nc1cc2[nH]nc(OC3CCOC(C)C3)c2cn1)c1ccccc1. The molecule has 31 heavy (non-hydrogen) atoms. The van der Waals surface area contributed by atoms with E-state index in [2.05, 4.69) is 25.8 Å². The number of ether oxygens (including phenoxy) is 3. The van der Waals surface area contributed by atoms with Gasteiger partial charge in [-0.15, -0.1) is 5.10 Å². The summed E-state index contributed by atoms with van der Waals surface area (Å²) in [5, 5.41) is 13.7. The van der Waals surface area contributed by atoms with Crippen molar-refractivity contribution in [3.8, 4) is 5.88 Å². The number of carbonyl (C=O) groups is 1. The minimum atomic E-state index is -0.370. The van der Waals surface area contributed by atoms with Gasteiger partial charge >= 0.3 is 6.03 Å². The molecule has 9 heteroatoms. The minimum Gasteiger partial charge on any atom is -0.473 e. The lowest BCUT2D eigenvalue weighted by Crippen LogP contribution is -2.35. The molecule has 1 saturated heterocycles. The molecule has 2 aromatic heterocycles. The number of nitrogens with one attached hydrogen (secondary N) is 3. The van der Waals surface area contributed by atoms with Crippen LogP contribution in [0.1, 0.15) is 31.4 Å². The zero-order chi connectivity index (χ0) is 21.6. The van der Waals surface area contributed by atoms with E-state index in [-0.39, 0.29) is 24.3 Å². The molecule has 1 aromatic carbocycles. The first kappa shape index (κ1) is 21.1. The lowest BCUT2D eigenvalue weighted by atomic mass is 10.1. The summed E-state index contributed by atoms with van der Waals surface area (Å²) in [4.78, 5) is 16.9. The Balaban J connectivity index is 1.41. The maximum atomic E-state index is 12.5. The highest BCUT2D eigenvalue weighted by Crippen LogP contribution is 2.27. The monoisotopic (exact) mass is 425 g/mol. The van der Waals surface area contributed by atoms with Gasteiger partial charge in [0.05, 0.1) is 36.3 Å². The number of aromatic amines is 1. The third-order valence-electron chi connectivity index (χ3n) is 5.21. The van der Waals surface area contributed by atoms with Crippen molar-refractivity contribution >= 4 is 22.8 Å². The Morgan fingerprint density at radius 2 is 2.19 bits per heavy atom. The fourth-order valence-electron chi connectivity index (χ4n) is 3.65. The van der Waals surface area contributed by atoms with E-state index in [4.69, 9.17) is 14.2 Å². The van der Waals surface area contributed by atoms with Crippen molar-refractivity contribution < 1.29 is 19.0 Å². The minimum absolute atomic E-state index is 0.0644. The van der Waals surface area contributed by atoms with E-state index >= 15 is 0 Å². The second kappa shape index (κ2) is 9.76. The number of rotatable bonds is 7. The lowest BCUT2D eigenvalue weighted by Gasteiger charge is -2.27. The average molecular weight is 425 g/mol. The molecule has 0 radical (unpaired) electrons. The molecular weight excluding hydrogens is 398 g/mol. The number of H-pyrrole nitrogens is 1. The Kier molecular flexibility index (Phi) is 6.63. The summed E-state index contributed by atoms with van der Waals surface area (Å²) in [6.45, 7) is 3.08. The first-order chi connectivity index (χ1) is 15.1. The van der Waals surface area contributed by atoms with Gasteiger partial charge in [0, 0.05) is 32.2 Å². The summed E-state index contributed by atoms with van der Waals surface area (Å²) < 4.78 is 16.9. The van der Waals surface area contributed by atoms with Crippen molar-refractivity contribution in [1.82, 2.24) is 20.5 Å². The van der Waals surface area contributed by atoms with Gasteiger partial charge in [-0.05, 0) is 12.5 Å². The Morgan fingerprint density at radius 3 is 2.97 bits per heavy atom. The molecule has 4 rings (SSSR count). The molecule has 1 aliphatic rings. The van der Waals surface area contributed by atoms with E-state index in [1.165, 1.54) is 0 Å². The summed E-state index contributed by atoms with van der Waals surface area (Å²) in [6, 6.07) is 10.7. The molecule has 3 N–H and O–H groups in total. The van der Waals surface area contributed by atoms with Crippen LogP contribution >= 0.6 is 0 Å². The van der Waals surface area contributed by atoms with Gasteiger partial charge in [0.1, 0.15) is 11.9 Å². The number of benzene rings is 1. The van der Waals surface area contributed by atoms with Crippen molar-refractivity contribution in [2.45, 2.75) is 38.0 Å². The molecule has 2 unspecified atom stereocenters. The average Bonchev–Trinajstić information content (AvgIpc) is 3.16. The summed E-state index contributed by atoms with van der Waals surface area (Å²) in [5.74, 6) is 0.922. The number of carbonyl (C=O) groups excluding carboxylic acids is 1. The van der Waals surface area contributed by atoms with Crippen LogP contribution in [0.25, 0.3) is 10.9 Å². The molecule has 1 aliphatic heterocycles. The first-order valence-corrected chi connectivity index (χ1v) is 10.4. The van der Waals surface area contributed by atoms with Crippen LogP contribution in [0.3, 0.4) is 0 Å². The van der Waals surface area contributed by atoms with Crippen LogP contribution in [0.4, 0.5) is 10.6 Å². The standard InChI is InChI=1S/C22H27N5O4/c1-14-10-16(8-9-30-14)31-21-17-12-23-20(11-18(17)26-27-21)25-22(28)24-19(13-29-2)15-6-4-3-5-7-15/h3-7,11-12,14,16,19H,8-10,13H2,1-2H3,(H,26,27)(H2,23,24,25,28)/t14?,16?,19-/m1/s1. The fraction of sp³-hybridized carbons (Fsp3) is 0.409. The zero-order valence-electron chi connectivity index (χ0n) is 17.6. The molecule has 1 fully saturated rings. The highest BCUT2D eigenvalue weighted by Gasteiger charge is 2.23. The third kappa shape index (κ3) is 5.31. The predicted molar refractivity (Wildman–Crippen MR) is 116 cm³/mol. The van der Waals surface area contributed by atoms with Gasteiger partial charge < -0.3 is 19.5 Å². The Morgan fingerprint density at radius 1 is 1.35 bits per heavy atom. The lowest BCUT2D eigenvalue weighted by molar-refractivity contribution is -0.0260. The van der Waals surface area contributed by atoms with Crippen LogP contribution in [0.5, 0.6) is 5.88 Å². The molecular formula is C22H27N5O4. The van der Waals surface area contributed by atoms with Crippen molar-refractivity contribution in [2.75, 3.05) is 25.6 Å². The van der Waals surface area contributed by atoms with E-state index in [1.807, 2.05) is 37.3 Å². The number of hydrogen-bond acceptors (Lipinski definition) is 6. The van der Waals surface area contributed by atoms with Gasteiger partial charge in [0.2, 0.25) is 5.88 Å². The molecule has 0 spiro atoms. The van der Waals surface area contributed by atoms with Crippen LogP contribution in [0, 0.1) is 0 Å². The Hall–Kier alpha value is -3.17. The van der Waals surface area contributed by atoms with Gasteiger partial charge in [-0.2, -0.15) is 0 Å². The number of methoxy groups -OCH3 is 1. The van der Waals surface area contributed by atoms with Crippen molar-refractivity contribution in [2.24, 2.45) is 0 Å². The van der Waals surface area contributed by atoms with Crippen molar-refractivity contribution in [3.05, 3.63) is 48.2 Å². The summed E-state index contributed by atoms with van der Waals surface area (Å²) in [5.41, 5.74) is 1.69. The molecule has 3 atom stereocenters. The maximum absolute atomic E-state index is 12.5. The number of anilines is 1. The maximum Gasteiger partial charge on any atom is 0.320 e.